The summed E-state index contributed by atoms with van der Waals surface area (Å²) in [6, 6.07) is 2.78. The molecular weight excluding hydrogens is 312 g/mol. The molecule has 1 aliphatic heterocycles. The van der Waals surface area contributed by atoms with Crippen molar-refractivity contribution in [2.45, 2.75) is 18.6 Å². The molecule has 0 radical (unpaired) electrons. The van der Waals surface area contributed by atoms with Crippen molar-refractivity contribution in [3.63, 3.8) is 0 Å². The lowest BCUT2D eigenvalue weighted by Crippen LogP contribution is -2.39. The van der Waals surface area contributed by atoms with E-state index in [0.29, 0.717) is 13.0 Å². The first-order valence-electron chi connectivity index (χ1n) is 7.01. The second-order valence-corrected chi connectivity index (χ2v) is 7.71. The molecule has 1 aromatic carbocycles. The molecule has 0 aliphatic carbocycles. The normalized spacial score (nSPS) is 21.9. The zero-order chi connectivity index (χ0) is 16.3. The van der Waals surface area contributed by atoms with Gasteiger partial charge < -0.3 is 5.11 Å². The number of nitrogens with zero attached hydrogens (tertiary/aromatic N) is 1. The molecule has 122 valence electrons. The van der Waals surface area contributed by atoms with Crippen molar-refractivity contribution in [1.29, 1.82) is 0 Å². The standard InChI is InChI=1S/C15H19F2NO3S/c1-2-6-18(12-5-7-22(20,21)10-12)9-15(19)13-4-3-11(16)8-14(13)17/h2-4,8,12,15,19H,1,5-7,9-10H2. The third-order valence-corrected chi connectivity index (χ3v) is 5.57. The van der Waals surface area contributed by atoms with Gasteiger partial charge in [0.2, 0.25) is 0 Å². The lowest BCUT2D eigenvalue weighted by Gasteiger charge is -2.29. The molecule has 0 amide bonds. The SMILES string of the molecule is C=CCN(CC(O)c1ccc(F)cc1F)C1CCS(=O)(=O)C1. The van der Waals surface area contributed by atoms with Crippen molar-refractivity contribution < 1.29 is 22.3 Å². The van der Waals surface area contributed by atoms with Gasteiger partial charge in [0.15, 0.2) is 9.84 Å². The predicted molar refractivity (Wildman–Crippen MR) is 80.1 cm³/mol. The zero-order valence-electron chi connectivity index (χ0n) is 12.1. The molecule has 1 aliphatic rings. The number of halogens is 2. The first-order valence-corrected chi connectivity index (χ1v) is 8.83. The van der Waals surface area contributed by atoms with Crippen molar-refractivity contribution in [2.75, 3.05) is 24.6 Å². The Bertz CT molecular complexity index is 648. The average molecular weight is 331 g/mol. The van der Waals surface area contributed by atoms with E-state index < -0.39 is 27.6 Å². The van der Waals surface area contributed by atoms with E-state index in [2.05, 4.69) is 6.58 Å². The maximum absolute atomic E-state index is 13.7. The van der Waals surface area contributed by atoms with Gasteiger partial charge in [0.05, 0.1) is 17.6 Å². The van der Waals surface area contributed by atoms with Crippen LogP contribution in [0.4, 0.5) is 8.78 Å². The van der Waals surface area contributed by atoms with Gasteiger partial charge in [0.1, 0.15) is 11.6 Å². The highest BCUT2D eigenvalue weighted by Gasteiger charge is 2.33. The molecular formula is C15H19F2NO3S. The summed E-state index contributed by atoms with van der Waals surface area (Å²) in [6.07, 6.45) is 0.928. The lowest BCUT2D eigenvalue weighted by molar-refractivity contribution is 0.0977. The number of hydrogen-bond donors (Lipinski definition) is 1. The van der Waals surface area contributed by atoms with Gasteiger partial charge >= 0.3 is 0 Å². The van der Waals surface area contributed by atoms with Crippen molar-refractivity contribution in [1.82, 2.24) is 4.90 Å². The van der Waals surface area contributed by atoms with Crippen molar-refractivity contribution in [3.05, 3.63) is 48.1 Å². The molecule has 1 heterocycles. The monoisotopic (exact) mass is 331 g/mol. The van der Waals surface area contributed by atoms with Gasteiger partial charge in [-0.25, -0.2) is 17.2 Å². The smallest absolute Gasteiger partial charge is 0.151 e. The van der Waals surface area contributed by atoms with Gasteiger partial charge in [-0.1, -0.05) is 12.1 Å². The molecule has 2 atom stereocenters. The summed E-state index contributed by atoms with van der Waals surface area (Å²) in [7, 11) is -3.05. The summed E-state index contributed by atoms with van der Waals surface area (Å²) in [5.74, 6) is -1.38. The summed E-state index contributed by atoms with van der Waals surface area (Å²) >= 11 is 0. The van der Waals surface area contributed by atoms with E-state index in [1.54, 1.807) is 11.0 Å². The minimum Gasteiger partial charge on any atom is -0.387 e. The molecule has 22 heavy (non-hydrogen) atoms. The van der Waals surface area contributed by atoms with Gasteiger partial charge in [0, 0.05) is 30.8 Å². The molecule has 0 bridgehead atoms. The third-order valence-electron chi connectivity index (χ3n) is 3.82. The summed E-state index contributed by atoms with van der Waals surface area (Å²) in [5, 5.41) is 10.2. The Balaban J connectivity index is 2.12. The van der Waals surface area contributed by atoms with E-state index in [0.717, 1.165) is 12.1 Å². The fraction of sp³-hybridized carbons (Fsp3) is 0.467. The van der Waals surface area contributed by atoms with Crippen LogP contribution in [0.2, 0.25) is 0 Å². The molecule has 2 rings (SSSR count). The first kappa shape index (κ1) is 17.1. The second-order valence-electron chi connectivity index (χ2n) is 5.48. The van der Waals surface area contributed by atoms with Crippen LogP contribution in [-0.4, -0.2) is 49.1 Å². The fourth-order valence-corrected chi connectivity index (χ4v) is 4.46. The fourth-order valence-electron chi connectivity index (χ4n) is 2.69. The lowest BCUT2D eigenvalue weighted by atomic mass is 10.1. The molecule has 4 nitrogen and oxygen atoms in total. The molecule has 0 aromatic heterocycles. The molecule has 0 saturated carbocycles. The molecule has 1 N–H and O–H groups in total. The van der Waals surface area contributed by atoms with Crippen LogP contribution in [0.5, 0.6) is 0 Å². The third kappa shape index (κ3) is 4.12. The van der Waals surface area contributed by atoms with Gasteiger partial charge in [-0.2, -0.15) is 0 Å². The molecule has 2 unspecified atom stereocenters. The first-order chi connectivity index (χ1) is 10.3. The van der Waals surface area contributed by atoms with E-state index in [9.17, 15) is 22.3 Å². The van der Waals surface area contributed by atoms with Crippen LogP contribution in [0, 0.1) is 11.6 Å². The van der Waals surface area contributed by atoms with Gasteiger partial charge in [-0.05, 0) is 12.5 Å². The minimum absolute atomic E-state index is 0.00341. The highest BCUT2D eigenvalue weighted by Crippen LogP contribution is 2.23. The summed E-state index contributed by atoms with van der Waals surface area (Å²) in [6.45, 7) is 4.07. The van der Waals surface area contributed by atoms with Crippen LogP contribution in [0.15, 0.2) is 30.9 Å². The number of sulfone groups is 1. The Morgan fingerprint density at radius 1 is 1.45 bits per heavy atom. The van der Waals surface area contributed by atoms with Crippen molar-refractivity contribution >= 4 is 9.84 Å². The quantitative estimate of drug-likeness (QED) is 0.806. The van der Waals surface area contributed by atoms with Gasteiger partial charge in [-0.15, -0.1) is 6.58 Å². The van der Waals surface area contributed by atoms with Crippen LogP contribution in [0.1, 0.15) is 18.1 Å². The molecule has 1 aromatic rings. The number of rotatable bonds is 6. The topological polar surface area (TPSA) is 57.6 Å². The Kier molecular flexibility index (Phi) is 5.31. The molecule has 0 spiro atoms. The average Bonchev–Trinajstić information content (AvgIpc) is 2.78. The minimum atomic E-state index is -3.05. The zero-order valence-corrected chi connectivity index (χ0v) is 12.9. The van der Waals surface area contributed by atoms with E-state index >= 15 is 0 Å². The Hall–Kier alpha value is -1.31. The Labute approximate surface area is 129 Å². The van der Waals surface area contributed by atoms with Crippen LogP contribution < -0.4 is 0 Å². The highest BCUT2D eigenvalue weighted by molar-refractivity contribution is 7.91. The number of hydrogen-bond acceptors (Lipinski definition) is 4. The number of benzene rings is 1. The Morgan fingerprint density at radius 2 is 2.18 bits per heavy atom. The largest absolute Gasteiger partial charge is 0.387 e. The summed E-state index contributed by atoms with van der Waals surface area (Å²) in [4.78, 5) is 1.77. The maximum Gasteiger partial charge on any atom is 0.151 e. The Morgan fingerprint density at radius 3 is 2.73 bits per heavy atom. The van der Waals surface area contributed by atoms with Crippen LogP contribution in [-0.2, 0) is 9.84 Å². The molecule has 7 heteroatoms. The molecule has 1 fully saturated rings. The van der Waals surface area contributed by atoms with Crippen LogP contribution >= 0.6 is 0 Å². The number of aliphatic hydroxyl groups is 1. The molecule has 1 saturated heterocycles. The highest BCUT2D eigenvalue weighted by atomic mass is 32.2. The summed E-state index contributed by atoms with van der Waals surface area (Å²) in [5.41, 5.74) is -0.00341. The van der Waals surface area contributed by atoms with Gasteiger partial charge in [-0.3, -0.25) is 4.90 Å². The van der Waals surface area contributed by atoms with E-state index in [1.807, 2.05) is 0 Å². The van der Waals surface area contributed by atoms with E-state index in [1.165, 1.54) is 6.07 Å². The van der Waals surface area contributed by atoms with Crippen LogP contribution in [0.3, 0.4) is 0 Å². The van der Waals surface area contributed by atoms with E-state index in [4.69, 9.17) is 0 Å². The van der Waals surface area contributed by atoms with Crippen LogP contribution in [0.25, 0.3) is 0 Å². The van der Waals surface area contributed by atoms with E-state index in [-0.39, 0.29) is 29.7 Å². The second kappa shape index (κ2) is 6.85. The maximum atomic E-state index is 13.7. The van der Waals surface area contributed by atoms with Gasteiger partial charge in [0.25, 0.3) is 0 Å². The van der Waals surface area contributed by atoms with Crippen molar-refractivity contribution in [3.8, 4) is 0 Å². The van der Waals surface area contributed by atoms with Crippen molar-refractivity contribution in [2.24, 2.45) is 0 Å². The number of aliphatic hydroxyl groups excluding tert-OH is 1. The summed E-state index contributed by atoms with van der Waals surface area (Å²) < 4.78 is 49.8. The predicted octanol–water partition coefficient (Wildman–Crippen LogP) is 1.67.